The molecule has 78 valence electrons. The molecular formula is C12H25N. The average Bonchev–Trinajstić information content (AvgIpc) is 2.31. The smallest absolute Gasteiger partial charge is 0.0204 e. The minimum atomic E-state index is 0.464. The van der Waals surface area contributed by atoms with Crippen LogP contribution < -0.4 is 5.32 Å². The third kappa shape index (κ3) is 2.70. The van der Waals surface area contributed by atoms with Gasteiger partial charge >= 0.3 is 0 Å². The Balaban J connectivity index is 2.62. The molecule has 1 aliphatic rings. The molecule has 0 spiro atoms. The third-order valence-electron chi connectivity index (χ3n) is 3.58. The summed E-state index contributed by atoms with van der Waals surface area (Å²) in [5.74, 6) is 0.783. The summed E-state index contributed by atoms with van der Waals surface area (Å²) in [5, 5.41) is 3.80. The van der Waals surface area contributed by atoms with Crippen LogP contribution in [0.3, 0.4) is 0 Å². The van der Waals surface area contributed by atoms with Crippen molar-refractivity contribution < 1.29 is 0 Å². The predicted molar refractivity (Wildman–Crippen MR) is 58.9 cm³/mol. The summed E-state index contributed by atoms with van der Waals surface area (Å²) in [6, 6.07) is 0. The summed E-state index contributed by atoms with van der Waals surface area (Å²) in [6.45, 7) is 8.27. The minimum Gasteiger partial charge on any atom is -0.311 e. The molecule has 1 nitrogen and oxygen atoms in total. The molecule has 0 aromatic heterocycles. The van der Waals surface area contributed by atoms with E-state index in [-0.39, 0.29) is 0 Å². The molecule has 1 atom stereocenters. The van der Waals surface area contributed by atoms with Gasteiger partial charge in [0.05, 0.1) is 0 Å². The van der Waals surface area contributed by atoms with Crippen molar-refractivity contribution in [3.63, 3.8) is 0 Å². The van der Waals surface area contributed by atoms with E-state index in [0.29, 0.717) is 5.54 Å². The standard InChI is InChI=1S/C12H25N/c1-4-8-12(11(2)3)9-6-5-7-10-13-12/h11,13H,4-10H2,1-3H3. The summed E-state index contributed by atoms with van der Waals surface area (Å²) in [7, 11) is 0. The van der Waals surface area contributed by atoms with Gasteiger partial charge in [-0.05, 0) is 31.7 Å². The van der Waals surface area contributed by atoms with E-state index in [9.17, 15) is 0 Å². The van der Waals surface area contributed by atoms with Gasteiger partial charge in [0.2, 0.25) is 0 Å². The molecule has 0 aromatic carbocycles. The fraction of sp³-hybridized carbons (Fsp3) is 1.00. The van der Waals surface area contributed by atoms with E-state index in [1.807, 2.05) is 0 Å². The highest BCUT2D eigenvalue weighted by molar-refractivity contribution is 4.91. The molecule has 1 heteroatoms. The highest BCUT2D eigenvalue weighted by atomic mass is 15.0. The Morgan fingerprint density at radius 1 is 1.23 bits per heavy atom. The molecular weight excluding hydrogens is 158 g/mol. The molecule has 1 rings (SSSR count). The summed E-state index contributed by atoms with van der Waals surface area (Å²) in [4.78, 5) is 0. The van der Waals surface area contributed by atoms with Crippen LogP contribution in [0, 0.1) is 5.92 Å². The fourth-order valence-corrected chi connectivity index (χ4v) is 2.61. The van der Waals surface area contributed by atoms with Crippen molar-refractivity contribution in [2.45, 2.75) is 64.8 Å². The van der Waals surface area contributed by atoms with Gasteiger partial charge in [0.1, 0.15) is 0 Å². The van der Waals surface area contributed by atoms with Crippen molar-refractivity contribution >= 4 is 0 Å². The van der Waals surface area contributed by atoms with Crippen molar-refractivity contribution in [2.24, 2.45) is 5.92 Å². The van der Waals surface area contributed by atoms with Crippen LogP contribution in [-0.4, -0.2) is 12.1 Å². The molecule has 0 amide bonds. The van der Waals surface area contributed by atoms with Crippen molar-refractivity contribution in [3.05, 3.63) is 0 Å². The predicted octanol–water partition coefficient (Wildman–Crippen LogP) is 3.34. The highest BCUT2D eigenvalue weighted by Crippen LogP contribution is 2.30. The first-order valence-electron chi connectivity index (χ1n) is 5.96. The Morgan fingerprint density at radius 2 is 2.00 bits per heavy atom. The molecule has 0 aliphatic carbocycles. The maximum absolute atomic E-state index is 3.80. The number of nitrogens with one attached hydrogen (secondary N) is 1. The Kier molecular flexibility index (Phi) is 4.24. The van der Waals surface area contributed by atoms with E-state index < -0.39 is 0 Å². The molecule has 0 radical (unpaired) electrons. The zero-order chi connectivity index (χ0) is 9.73. The van der Waals surface area contributed by atoms with E-state index in [4.69, 9.17) is 0 Å². The number of hydrogen-bond acceptors (Lipinski definition) is 1. The lowest BCUT2D eigenvalue weighted by Gasteiger charge is -2.38. The lowest BCUT2D eigenvalue weighted by Crippen LogP contribution is -2.48. The first-order chi connectivity index (χ1) is 6.21. The Hall–Kier alpha value is -0.0400. The van der Waals surface area contributed by atoms with Gasteiger partial charge in [-0.3, -0.25) is 0 Å². The summed E-state index contributed by atoms with van der Waals surface area (Å²) < 4.78 is 0. The van der Waals surface area contributed by atoms with Crippen molar-refractivity contribution in [2.75, 3.05) is 6.54 Å². The molecule has 1 N–H and O–H groups in total. The maximum Gasteiger partial charge on any atom is 0.0204 e. The SMILES string of the molecule is CCCC1(C(C)C)CCCCCN1. The Morgan fingerprint density at radius 3 is 2.62 bits per heavy atom. The van der Waals surface area contributed by atoms with Crippen LogP contribution in [0.2, 0.25) is 0 Å². The van der Waals surface area contributed by atoms with Gasteiger partial charge in [0, 0.05) is 5.54 Å². The first kappa shape index (κ1) is 11.0. The van der Waals surface area contributed by atoms with E-state index in [1.165, 1.54) is 45.1 Å². The van der Waals surface area contributed by atoms with Gasteiger partial charge in [0.25, 0.3) is 0 Å². The van der Waals surface area contributed by atoms with Crippen molar-refractivity contribution in [3.8, 4) is 0 Å². The zero-order valence-electron chi connectivity index (χ0n) is 9.53. The molecule has 1 aliphatic heterocycles. The molecule has 1 fully saturated rings. The average molecular weight is 183 g/mol. The van der Waals surface area contributed by atoms with E-state index >= 15 is 0 Å². The fourth-order valence-electron chi connectivity index (χ4n) is 2.61. The number of rotatable bonds is 3. The second-order valence-electron chi connectivity index (χ2n) is 4.80. The quantitative estimate of drug-likeness (QED) is 0.707. The lowest BCUT2D eigenvalue weighted by atomic mass is 9.79. The molecule has 13 heavy (non-hydrogen) atoms. The normalized spacial score (nSPS) is 30.5. The van der Waals surface area contributed by atoms with Crippen LogP contribution >= 0.6 is 0 Å². The van der Waals surface area contributed by atoms with E-state index in [1.54, 1.807) is 0 Å². The molecule has 0 aromatic rings. The van der Waals surface area contributed by atoms with Gasteiger partial charge in [-0.2, -0.15) is 0 Å². The topological polar surface area (TPSA) is 12.0 Å². The van der Waals surface area contributed by atoms with Crippen LogP contribution in [0.15, 0.2) is 0 Å². The summed E-state index contributed by atoms with van der Waals surface area (Å²) in [6.07, 6.45) is 8.27. The second kappa shape index (κ2) is 4.99. The third-order valence-corrected chi connectivity index (χ3v) is 3.58. The highest BCUT2D eigenvalue weighted by Gasteiger charge is 2.32. The van der Waals surface area contributed by atoms with E-state index in [0.717, 1.165) is 5.92 Å². The summed E-state index contributed by atoms with van der Waals surface area (Å²) in [5.41, 5.74) is 0.464. The van der Waals surface area contributed by atoms with Crippen molar-refractivity contribution in [1.82, 2.24) is 5.32 Å². The van der Waals surface area contributed by atoms with Gasteiger partial charge in [-0.15, -0.1) is 0 Å². The van der Waals surface area contributed by atoms with E-state index in [2.05, 4.69) is 26.1 Å². The Labute approximate surface area is 83.3 Å². The molecule has 1 unspecified atom stereocenters. The molecule has 0 bridgehead atoms. The second-order valence-corrected chi connectivity index (χ2v) is 4.80. The van der Waals surface area contributed by atoms with Crippen molar-refractivity contribution in [1.29, 1.82) is 0 Å². The first-order valence-corrected chi connectivity index (χ1v) is 5.96. The maximum atomic E-state index is 3.80. The number of hydrogen-bond donors (Lipinski definition) is 1. The van der Waals surface area contributed by atoms with Crippen LogP contribution in [0.25, 0.3) is 0 Å². The van der Waals surface area contributed by atoms with Gasteiger partial charge in [-0.1, -0.05) is 40.0 Å². The molecule has 0 saturated carbocycles. The van der Waals surface area contributed by atoms with Gasteiger partial charge < -0.3 is 5.32 Å². The van der Waals surface area contributed by atoms with Gasteiger partial charge in [-0.25, -0.2) is 0 Å². The molecule has 1 heterocycles. The Bertz CT molecular complexity index is 132. The summed E-state index contributed by atoms with van der Waals surface area (Å²) >= 11 is 0. The van der Waals surface area contributed by atoms with Crippen LogP contribution in [-0.2, 0) is 0 Å². The lowest BCUT2D eigenvalue weighted by molar-refractivity contribution is 0.209. The van der Waals surface area contributed by atoms with Crippen LogP contribution in [0.4, 0.5) is 0 Å². The minimum absolute atomic E-state index is 0.464. The van der Waals surface area contributed by atoms with Crippen LogP contribution in [0.5, 0.6) is 0 Å². The largest absolute Gasteiger partial charge is 0.311 e. The molecule has 1 saturated heterocycles. The van der Waals surface area contributed by atoms with Crippen LogP contribution in [0.1, 0.15) is 59.3 Å². The zero-order valence-corrected chi connectivity index (χ0v) is 9.53. The van der Waals surface area contributed by atoms with Gasteiger partial charge in [0.15, 0.2) is 0 Å². The monoisotopic (exact) mass is 183 g/mol.